The first-order valence-corrected chi connectivity index (χ1v) is 10.5. The van der Waals surface area contributed by atoms with Gasteiger partial charge >= 0.3 is 5.97 Å². The number of ether oxygens (including phenoxy) is 1. The fourth-order valence-corrected chi connectivity index (χ4v) is 3.77. The van der Waals surface area contributed by atoms with Crippen LogP contribution in [0.1, 0.15) is 51.2 Å². The molecule has 11 heteroatoms. The second-order valence-electron chi connectivity index (χ2n) is 7.59. The lowest BCUT2D eigenvalue weighted by atomic mass is 10.0. The normalized spacial score (nSPS) is 14.2. The highest BCUT2D eigenvalue weighted by Gasteiger charge is 2.47. The average Bonchev–Trinajstić information content (AvgIpc) is 3.47. The van der Waals surface area contributed by atoms with E-state index < -0.39 is 35.1 Å². The topological polar surface area (TPSA) is 93.5 Å². The maximum Gasteiger partial charge on any atom is 0.335 e. The molecule has 2 N–H and O–H groups in total. The van der Waals surface area contributed by atoms with Crippen molar-refractivity contribution in [3.8, 4) is 11.6 Å². The number of aromatic nitrogens is 2. The molecule has 3 aromatic rings. The molecular weight excluding hydrogens is 479 g/mol. The Kier molecular flexibility index (Phi) is 6.02. The summed E-state index contributed by atoms with van der Waals surface area (Å²) in [6.07, 6.45) is -1.88. The number of alkyl halides is 2. The van der Waals surface area contributed by atoms with Gasteiger partial charge in [-0.1, -0.05) is 35.3 Å². The number of halogens is 4. The third-order valence-corrected chi connectivity index (χ3v) is 6.09. The molecule has 0 bridgehead atoms. The lowest BCUT2D eigenvalue weighted by molar-refractivity contribution is 0.0696. The van der Waals surface area contributed by atoms with Gasteiger partial charge in [-0.15, -0.1) is 0 Å². The standard InChI is InChI=1S/C22H17Cl2F2N3O4/c1-29-20(33-13-6-7-14(23)15(24)10-13)16(17(28-29)18(25)26)19(30)27-22(8-9-22)12-4-2-11(3-5-12)21(31)32/h2-7,10,18H,8-9H2,1H3,(H,27,30)(H,31,32). The van der Waals surface area contributed by atoms with Crippen LogP contribution in [0.3, 0.4) is 0 Å². The minimum atomic E-state index is -3.02. The number of nitrogens with one attached hydrogen (secondary N) is 1. The summed E-state index contributed by atoms with van der Waals surface area (Å²) in [5, 5.41) is 16.1. The van der Waals surface area contributed by atoms with Crippen LogP contribution in [0, 0.1) is 0 Å². The molecule has 0 radical (unpaired) electrons. The first kappa shape index (κ1) is 23.0. The van der Waals surface area contributed by atoms with E-state index in [1.165, 1.54) is 37.4 Å². The van der Waals surface area contributed by atoms with Crippen LogP contribution in [-0.4, -0.2) is 26.8 Å². The molecule has 0 aliphatic heterocycles. The molecule has 1 amide bonds. The Bertz CT molecular complexity index is 1240. The van der Waals surface area contributed by atoms with Gasteiger partial charge in [0.15, 0.2) is 0 Å². The van der Waals surface area contributed by atoms with Crippen LogP contribution in [0.25, 0.3) is 0 Å². The van der Waals surface area contributed by atoms with Crippen LogP contribution in [0.5, 0.6) is 11.6 Å². The number of rotatable bonds is 7. The van der Waals surface area contributed by atoms with E-state index >= 15 is 0 Å². The van der Waals surface area contributed by atoms with Gasteiger partial charge in [-0.05, 0) is 42.7 Å². The molecule has 1 heterocycles. The highest BCUT2D eigenvalue weighted by Crippen LogP contribution is 2.46. The van der Waals surface area contributed by atoms with Gasteiger partial charge in [0.25, 0.3) is 12.3 Å². The molecule has 1 fully saturated rings. The quantitative estimate of drug-likeness (QED) is 0.446. The van der Waals surface area contributed by atoms with E-state index in [1.807, 2.05) is 0 Å². The Morgan fingerprint density at radius 3 is 2.36 bits per heavy atom. The van der Waals surface area contributed by atoms with Gasteiger partial charge in [-0.2, -0.15) is 5.10 Å². The summed E-state index contributed by atoms with van der Waals surface area (Å²) in [4.78, 5) is 24.3. The van der Waals surface area contributed by atoms with Crippen LogP contribution in [0.4, 0.5) is 8.78 Å². The maximum absolute atomic E-state index is 13.7. The molecule has 2 aromatic carbocycles. The van der Waals surface area contributed by atoms with Crippen LogP contribution in [0.15, 0.2) is 42.5 Å². The molecule has 1 saturated carbocycles. The first-order valence-electron chi connectivity index (χ1n) is 9.75. The average molecular weight is 496 g/mol. The van der Waals surface area contributed by atoms with Crippen molar-refractivity contribution in [1.29, 1.82) is 0 Å². The fraction of sp³-hybridized carbons (Fsp3) is 0.227. The lowest BCUT2D eigenvalue weighted by Gasteiger charge is -2.19. The molecular formula is C22H17Cl2F2N3O4. The fourth-order valence-electron chi connectivity index (χ4n) is 3.49. The Hall–Kier alpha value is -3.17. The second kappa shape index (κ2) is 8.64. The Morgan fingerprint density at radius 1 is 1.15 bits per heavy atom. The molecule has 4 rings (SSSR count). The maximum atomic E-state index is 13.7. The monoisotopic (exact) mass is 495 g/mol. The number of hydrogen-bond acceptors (Lipinski definition) is 4. The minimum Gasteiger partial charge on any atom is -0.478 e. The van der Waals surface area contributed by atoms with E-state index in [-0.39, 0.29) is 27.2 Å². The molecule has 0 spiro atoms. The highest BCUT2D eigenvalue weighted by atomic mass is 35.5. The zero-order valence-electron chi connectivity index (χ0n) is 17.1. The number of carbonyl (C=O) groups excluding carboxylic acids is 1. The van der Waals surface area contributed by atoms with Gasteiger partial charge in [-0.25, -0.2) is 18.3 Å². The van der Waals surface area contributed by atoms with Crippen molar-refractivity contribution < 1.29 is 28.2 Å². The number of carboxylic acid groups (broad SMARTS) is 1. The lowest BCUT2D eigenvalue weighted by Crippen LogP contribution is -2.35. The molecule has 172 valence electrons. The molecule has 1 aliphatic carbocycles. The summed E-state index contributed by atoms with van der Waals surface area (Å²) >= 11 is 11.9. The predicted molar refractivity (Wildman–Crippen MR) is 116 cm³/mol. The molecule has 0 saturated heterocycles. The number of aromatic carboxylic acids is 1. The molecule has 1 aliphatic rings. The number of carboxylic acids is 1. The smallest absolute Gasteiger partial charge is 0.335 e. The number of carbonyl (C=O) groups is 2. The van der Waals surface area contributed by atoms with E-state index in [0.717, 1.165) is 4.68 Å². The molecule has 0 unspecified atom stereocenters. The minimum absolute atomic E-state index is 0.102. The number of nitrogens with zero attached hydrogens (tertiary/aromatic N) is 2. The van der Waals surface area contributed by atoms with Crippen LogP contribution in [-0.2, 0) is 12.6 Å². The third-order valence-electron chi connectivity index (χ3n) is 5.35. The Balaban J connectivity index is 1.66. The Labute approximate surface area is 196 Å². The Morgan fingerprint density at radius 2 is 1.82 bits per heavy atom. The van der Waals surface area contributed by atoms with Gasteiger partial charge < -0.3 is 15.2 Å². The summed E-state index contributed by atoms with van der Waals surface area (Å²) in [7, 11) is 1.38. The van der Waals surface area contributed by atoms with Crippen molar-refractivity contribution in [3.63, 3.8) is 0 Å². The molecule has 1 aromatic heterocycles. The summed E-state index contributed by atoms with van der Waals surface area (Å²) in [6.45, 7) is 0. The zero-order valence-corrected chi connectivity index (χ0v) is 18.6. The van der Waals surface area contributed by atoms with E-state index in [4.69, 9.17) is 33.0 Å². The van der Waals surface area contributed by atoms with Crippen molar-refractivity contribution in [1.82, 2.24) is 15.1 Å². The largest absolute Gasteiger partial charge is 0.478 e. The van der Waals surface area contributed by atoms with Gasteiger partial charge in [0.1, 0.15) is 17.0 Å². The second-order valence-corrected chi connectivity index (χ2v) is 8.40. The zero-order chi connectivity index (χ0) is 23.9. The molecule has 0 atom stereocenters. The number of benzene rings is 2. The summed E-state index contributed by atoms with van der Waals surface area (Å²) in [5.74, 6) is -1.85. The third kappa shape index (κ3) is 4.51. The number of amides is 1. The van der Waals surface area contributed by atoms with Crippen LogP contribution < -0.4 is 10.1 Å². The van der Waals surface area contributed by atoms with Crippen LogP contribution in [0.2, 0.25) is 10.0 Å². The van der Waals surface area contributed by atoms with Crippen molar-refractivity contribution in [2.45, 2.75) is 24.8 Å². The predicted octanol–water partition coefficient (Wildman–Crippen LogP) is 5.57. The van der Waals surface area contributed by atoms with Crippen molar-refractivity contribution in [2.75, 3.05) is 0 Å². The molecule has 7 nitrogen and oxygen atoms in total. The van der Waals surface area contributed by atoms with Gasteiger partial charge in [-0.3, -0.25) is 4.79 Å². The van der Waals surface area contributed by atoms with Crippen molar-refractivity contribution in [3.05, 3.63) is 74.9 Å². The number of aryl methyl sites for hydroxylation is 1. The van der Waals surface area contributed by atoms with Gasteiger partial charge in [0.05, 0.1) is 21.1 Å². The SMILES string of the molecule is Cn1nc(C(F)F)c(C(=O)NC2(c3ccc(C(=O)O)cc3)CC2)c1Oc1ccc(Cl)c(Cl)c1. The van der Waals surface area contributed by atoms with Crippen LogP contribution >= 0.6 is 23.2 Å². The summed E-state index contributed by atoms with van der Waals surface area (Å²) in [6, 6.07) is 10.4. The van der Waals surface area contributed by atoms with Gasteiger partial charge in [0, 0.05) is 13.1 Å². The van der Waals surface area contributed by atoms with Crippen molar-refractivity contribution >= 4 is 35.1 Å². The van der Waals surface area contributed by atoms with Gasteiger partial charge in [0.2, 0.25) is 5.88 Å². The van der Waals surface area contributed by atoms with E-state index in [1.54, 1.807) is 12.1 Å². The van der Waals surface area contributed by atoms with Crippen molar-refractivity contribution in [2.24, 2.45) is 7.05 Å². The summed E-state index contributed by atoms with van der Waals surface area (Å²) < 4.78 is 34.2. The molecule has 33 heavy (non-hydrogen) atoms. The van der Waals surface area contributed by atoms with E-state index in [2.05, 4.69) is 10.4 Å². The number of hydrogen-bond donors (Lipinski definition) is 2. The van der Waals surface area contributed by atoms with E-state index in [9.17, 15) is 18.4 Å². The highest BCUT2D eigenvalue weighted by molar-refractivity contribution is 6.42. The first-order chi connectivity index (χ1) is 15.6. The summed E-state index contributed by atoms with van der Waals surface area (Å²) in [5.41, 5.74) is -1.13. The van der Waals surface area contributed by atoms with E-state index in [0.29, 0.717) is 18.4 Å².